The van der Waals surface area contributed by atoms with Crippen molar-refractivity contribution < 1.29 is 23.8 Å². The summed E-state index contributed by atoms with van der Waals surface area (Å²) in [6, 6.07) is 13.0. The number of aryl methyl sites for hydroxylation is 1. The van der Waals surface area contributed by atoms with Crippen LogP contribution in [0.1, 0.15) is 28.6 Å². The van der Waals surface area contributed by atoms with Crippen molar-refractivity contribution in [1.29, 1.82) is 0 Å². The molecule has 0 radical (unpaired) electrons. The van der Waals surface area contributed by atoms with E-state index in [9.17, 15) is 9.59 Å². The molecule has 0 aliphatic heterocycles. The highest BCUT2D eigenvalue weighted by Gasteiger charge is 2.21. The Balaban J connectivity index is 1.77. The van der Waals surface area contributed by atoms with Gasteiger partial charge >= 0.3 is 5.97 Å². The lowest BCUT2D eigenvalue weighted by Gasteiger charge is -2.09. The van der Waals surface area contributed by atoms with E-state index in [-0.39, 0.29) is 12.5 Å². The maximum Gasteiger partial charge on any atom is 0.351 e. The first-order valence-electron chi connectivity index (χ1n) is 9.28. The zero-order valence-electron chi connectivity index (χ0n) is 16.6. The largest absolute Gasteiger partial charge is 0.491 e. The third kappa shape index (κ3) is 5.06. The third-order valence-electron chi connectivity index (χ3n) is 4.11. The molecule has 7 heteroatoms. The molecule has 0 saturated carbocycles. The number of methoxy groups -OCH3 is 1. The molecular weight excluding hydrogens is 390 g/mol. The molecule has 0 aliphatic carbocycles. The van der Waals surface area contributed by atoms with Crippen LogP contribution in [0.2, 0.25) is 0 Å². The number of benzene rings is 2. The van der Waals surface area contributed by atoms with Crippen molar-refractivity contribution in [3.8, 4) is 11.5 Å². The smallest absolute Gasteiger partial charge is 0.351 e. The van der Waals surface area contributed by atoms with Gasteiger partial charge in [0.1, 0.15) is 5.75 Å². The van der Waals surface area contributed by atoms with Gasteiger partial charge in [-0.1, -0.05) is 19.1 Å². The zero-order valence-corrected chi connectivity index (χ0v) is 17.4. The number of thiophene rings is 1. The summed E-state index contributed by atoms with van der Waals surface area (Å²) < 4.78 is 17.1. The summed E-state index contributed by atoms with van der Waals surface area (Å²) in [6.45, 7) is 4.34. The van der Waals surface area contributed by atoms with Gasteiger partial charge < -0.3 is 19.5 Å². The highest BCUT2D eigenvalue weighted by Crippen LogP contribution is 2.39. The standard InChI is InChI=1S/C22H23NO5S/c1-4-10-27-20-17-12-15(8-9-18(17)29-21(20)22(25)26-3)23-19(24)13-28-16-7-5-6-14(2)11-16/h5-9,11-12H,4,10,13H2,1-3H3,(H,23,24). The Labute approximate surface area is 173 Å². The summed E-state index contributed by atoms with van der Waals surface area (Å²) in [5, 5.41) is 3.59. The Morgan fingerprint density at radius 3 is 2.66 bits per heavy atom. The van der Waals surface area contributed by atoms with Crippen molar-refractivity contribution in [2.24, 2.45) is 0 Å². The van der Waals surface area contributed by atoms with Crippen LogP contribution in [0, 0.1) is 6.92 Å². The number of nitrogens with one attached hydrogen (secondary N) is 1. The third-order valence-corrected chi connectivity index (χ3v) is 5.24. The molecule has 3 aromatic rings. The number of fused-ring (bicyclic) bond motifs is 1. The predicted molar refractivity (Wildman–Crippen MR) is 114 cm³/mol. The number of carbonyl (C=O) groups is 2. The molecule has 152 valence electrons. The van der Waals surface area contributed by atoms with Crippen LogP contribution in [-0.4, -0.2) is 32.2 Å². The fraction of sp³-hybridized carbons (Fsp3) is 0.273. The van der Waals surface area contributed by atoms with E-state index in [0.29, 0.717) is 28.7 Å². The molecule has 0 bridgehead atoms. The van der Waals surface area contributed by atoms with Crippen LogP contribution in [0.4, 0.5) is 5.69 Å². The van der Waals surface area contributed by atoms with Gasteiger partial charge in [-0.05, 0) is 49.2 Å². The predicted octanol–water partition coefficient (Wildman–Crippen LogP) is 4.80. The molecule has 0 fully saturated rings. The molecule has 0 saturated heterocycles. The minimum Gasteiger partial charge on any atom is -0.491 e. The van der Waals surface area contributed by atoms with E-state index in [2.05, 4.69) is 5.32 Å². The first kappa shape index (κ1) is 20.7. The van der Waals surface area contributed by atoms with E-state index in [0.717, 1.165) is 22.1 Å². The van der Waals surface area contributed by atoms with Gasteiger partial charge in [0, 0.05) is 15.8 Å². The average Bonchev–Trinajstić information content (AvgIpc) is 3.08. The Morgan fingerprint density at radius 1 is 1.10 bits per heavy atom. The number of rotatable bonds is 8. The van der Waals surface area contributed by atoms with E-state index in [1.807, 2.05) is 44.2 Å². The second-order valence-corrected chi connectivity index (χ2v) is 7.52. The highest BCUT2D eigenvalue weighted by molar-refractivity contribution is 7.21. The lowest BCUT2D eigenvalue weighted by atomic mass is 10.2. The minimum atomic E-state index is -0.436. The van der Waals surface area contributed by atoms with Gasteiger partial charge in [0.05, 0.1) is 13.7 Å². The Morgan fingerprint density at radius 2 is 1.93 bits per heavy atom. The molecular formula is C22H23NO5S. The summed E-state index contributed by atoms with van der Waals surface area (Å²) >= 11 is 1.31. The molecule has 1 aromatic heterocycles. The van der Waals surface area contributed by atoms with E-state index >= 15 is 0 Å². The first-order valence-corrected chi connectivity index (χ1v) is 10.1. The van der Waals surface area contributed by atoms with Gasteiger partial charge in [-0.2, -0.15) is 0 Å². The van der Waals surface area contributed by atoms with Gasteiger partial charge in [-0.25, -0.2) is 4.79 Å². The van der Waals surface area contributed by atoms with Crippen molar-refractivity contribution in [2.75, 3.05) is 25.6 Å². The Kier molecular flexibility index (Phi) is 6.72. The lowest BCUT2D eigenvalue weighted by molar-refractivity contribution is -0.118. The van der Waals surface area contributed by atoms with Crippen molar-refractivity contribution in [2.45, 2.75) is 20.3 Å². The molecule has 0 unspecified atom stereocenters. The number of hydrogen-bond donors (Lipinski definition) is 1. The Hall–Kier alpha value is -3.06. The van der Waals surface area contributed by atoms with Gasteiger partial charge in [0.15, 0.2) is 17.2 Å². The molecule has 0 atom stereocenters. The Bertz CT molecular complexity index is 1030. The van der Waals surface area contributed by atoms with Crippen molar-refractivity contribution in [3.63, 3.8) is 0 Å². The van der Waals surface area contributed by atoms with Crippen molar-refractivity contribution in [1.82, 2.24) is 0 Å². The van der Waals surface area contributed by atoms with E-state index in [1.165, 1.54) is 18.4 Å². The fourth-order valence-corrected chi connectivity index (χ4v) is 3.82. The number of anilines is 1. The molecule has 1 heterocycles. The summed E-state index contributed by atoms with van der Waals surface area (Å²) in [4.78, 5) is 24.8. The SMILES string of the molecule is CCCOc1c(C(=O)OC)sc2ccc(NC(=O)COc3cccc(C)c3)cc12. The monoisotopic (exact) mass is 413 g/mol. The van der Waals surface area contributed by atoms with Crippen molar-refractivity contribution >= 4 is 39.0 Å². The zero-order chi connectivity index (χ0) is 20.8. The number of hydrogen-bond acceptors (Lipinski definition) is 6. The summed E-state index contributed by atoms with van der Waals surface area (Å²) in [6.07, 6.45) is 0.810. The second-order valence-electron chi connectivity index (χ2n) is 6.46. The normalized spacial score (nSPS) is 10.6. The topological polar surface area (TPSA) is 73.9 Å². The molecule has 29 heavy (non-hydrogen) atoms. The highest BCUT2D eigenvalue weighted by atomic mass is 32.1. The van der Waals surface area contributed by atoms with E-state index in [1.54, 1.807) is 12.1 Å². The van der Waals surface area contributed by atoms with Crippen LogP contribution >= 0.6 is 11.3 Å². The van der Waals surface area contributed by atoms with Crippen LogP contribution in [0.5, 0.6) is 11.5 Å². The van der Waals surface area contributed by atoms with E-state index < -0.39 is 5.97 Å². The molecule has 2 aromatic carbocycles. The lowest BCUT2D eigenvalue weighted by Crippen LogP contribution is -2.20. The number of esters is 1. The van der Waals surface area contributed by atoms with Crippen LogP contribution in [0.15, 0.2) is 42.5 Å². The van der Waals surface area contributed by atoms with Crippen molar-refractivity contribution in [3.05, 3.63) is 52.9 Å². The fourth-order valence-electron chi connectivity index (χ4n) is 2.78. The van der Waals surface area contributed by atoms with Crippen LogP contribution in [0.25, 0.3) is 10.1 Å². The van der Waals surface area contributed by atoms with Crippen LogP contribution in [0.3, 0.4) is 0 Å². The maximum atomic E-state index is 12.3. The molecule has 1 N–H and O–H groups in total. The first-order chi connectivity index (χ1) is 14.0. The van der Waals surface area contributed by atoms with Gasteiger partial charge in [-0.3, -0.25) is 4.79 Å². The number of amides is 1. The molecule has 0 aliphatic rings. The van der Waals surface area contributed by atoms with Gasteiger partial charge in [-0.15, -0.1) is 11.3 Å². The van der Waals surface area contributed by atoms with E-state index in [4.69, 9.17) is 14.2 Å². The summed E-state index contributed by atoms with van der Waals surface area (Å²) in [5.41, 5.74) is 1.66. The van der Waals surface area contributed by atoms with Gasteiger partial charge in [0.2, 0.25) is 0 Å². The minimum absolute atomic E-state index is 0.0995. The molecule has 3 rings (SSSR count). The second kappa shape index (κ2) is 9.43. The quantitative estimate of drug-likeness (QED) is 0.537. The number of ether oxygens (including phenoxy) is 3. The van der Waals surface area contributed by atoms with Crippen LogP contribution < -0.4 is 14.8 Å². The van der Waals surface area contributed by atoms with Crippen LogP contribution in [-0.2, 0) is 9.53 Å². The number of carbonyl (C=O) groups excluding carboxylic acids is 2. The summed E-state index contributed by atoms with van der Waals surface area (Å²) in [5.74, 6) is 0.428. The maximum absolute atomic E-state index is 12.3. The molecule has 1 amide bonds. The molecule has 6 nitrogen and oxygen atoms in total. The van der Waals surface area contributed by atoms with Gasteiger partial charge in [0.25, 0.3) is 5.91 Å². The molecule has 0 spiro atoms. The summed E-state index contributed by atoms with van der Waals surface area (Å²) in [7, 11) is 1.34. The average molecular weight is 413 g/mol.